The van der Waals surface area contributed by atoms with Crippen molar-refractivity contribution in [2.24, 2.45) is 0 Å². The molecule has 0 atom stereocenters. The van der Waals surface area contributed by atoms with Crippen LogP contribution in [0.25, 0.3) is 61.0 Å². The Bertz CT molecular complexity index is 4190. The van der Waals surface area contributed by atoms with E-state index in [1.807, 2.05) is 36.5 Å². The molecule has 5 heteroatoms. The molecule has 0 N–H and O–H groups in total. The van der Waals surface area contributed by atoms with E-state index in [1.54, 1.807) is 0 Å². The quantitative estimate of drug-likeness (QED) is 0.152. The van der Waals surface area contributed by atoms with Crippen molar-refractivity contribution in [3.63, 3.8) is 0 Å². The van der Waals surface area contributed by atoms with Crippen molar-refractivity contribution >= 4 is 44.6 Å². The number of rotatable bonds is 8. The van der Waals surface area contributed by atoms with Gasteiger partial charge in [0.2, 0.25) is 0 Å². The van der Waals surface area contributed by atoms with Crippen molar-refractivity contribution in [3.8, 4) is 50.7 Å². The van der Waals surface area contributed by atoms with Gasteiger partial charge in [0, 0.05) is 45.9 Å². The number of hydrogen-bond acceptors (Lipinski definition) is 4. The van der Waals surface area contributed by atoms with Crippen LogP contribution in [0.5, 0.6) is 11.5 Å². The molecule has 400 valence electrons. The third kappa shape index (κ3) is 10.4. The summed E-state index contributed by atoms with van der Waals surface area (Å²) in [7, 11) is 0. The Hall–Kier alpha value is -7.89. The molecule has 0 saturated carbocycles. The molecule has 1 aliphatic rings. The lowest BCUT2D eigenvalue weighted by molar-refractivity contribution is 0.483. The van der Waals surface area contributed by atoms with Crippen molar-refractivity contribution in [1.82, 2.24) is 9.55 Å². The minimum absolute atomic E-state index is 0.0258. The lowest BCUT2D eigenvalue weighted by Crippen LogP contribution is -2.25. The lowest BCUT2D eigenvalue weighted by atomic mass is 9.79. The maximum Gasteiger partial charge on any atom is 0.137 e. The van der Waals surface area contributed by atoms with Crippen LogP contribution in [0.1, 0.15) is 139 Å². The second-order valence-electron chi connectivity index (χ2n) is 26.8. The van der Waals surface area contributed by atoms with Gasteiger partial charge in [-0.15, -0.1) is 0 Å². The Kier molecular flexibility index (Phi) is 11.6. The molecule has 5 nitrogen and oxygen atoms in total. The molecule has 3 heterocycles. The smallest absolute Gasteiger partial charge is 0.137 e. The summed E-state index contributed by atoms with van der Waals surface area (Å²) in [6.45, 7) is 33.8. The van der Waals surface area contributed by atoms with Crippen LogP contribution in [0.3, 0.4) is 0 Å². The Balaban J connectivity index is 1.04. The summed E-state index contributed by atoms with van der Waals surface area (Å²) in [5, 5.41) is 2.22. The highest BCUT2D eigenvalue weighted by Gasteiger charge is 2.33. The lowest BCUT2D eigenvalue weighted by Gasteiger charge is -2.30. The van der Waals surface area contributed by atoms with Crippen LogP contribution in [0, 0.1) is 0 Å². The Morgan fingerprint density at radius 3 is 1.66 bits per heavy atom. The fraction of sp³-hybridized carbons (Fsp3) is 0.284. The van der Waals surface area contributed by atoms with E-state index in [1.165, 1.54) is 22.3 Å². The molecule has 8 aromatic carbocycles. The summed E-state index contributed by atoms with van der Waals surface area (Å²) in [6, 6.07) is 52.3. The largest absolute Gasteiger partial charge is 0.457 e. The molecule has 79 heavy (non-hydrogen) atoms. The molecule has 0 saturated heterocycles. The number of ether oxygens (including phenoxy) is 1. The molecule has 10 aromatic rings. The third-order valence-electron chi connectivity index (χ3n) is 15.7. The van der Waals surface area contributed by atoms with Gasteiger partial charge >= 0.3 is 0 Å². The SMILES string of the molecule is [2H]c1c([2H])c([2H])c(-c2cc(C(C)(C)C)cc(-c3cccc(C(C)(C)C)c3)c2N2CN(c3cccc(Oc4ccc5c6cc(-c7cc(C(C)(C)C)cc(C(C)(C)C)c7)ccc6n(-c6cc(C(C)(C)C)ccn6)c5c4)c3)c3ccccc32)c([2H])c1[2H]. The monoisotopic (exact) mass is 1040 g/mol. The van der Waals surface area contributed by atoms with Gasteiger partial charge in [-0.2, -0.15) is 0 Å². The molecule has 0 aliphatic carbocycles. The van der Waals surface area contributed by atoms with Gasteiger partial charge in [-0.1, -0.05) is 201 Å². The van der Waals surface area contributed by atoms with Gasteiger partial charge in [0.1, 0.15) is 24.0 Å². The molecule has 0 unspecified atom stereocenters. The van der Waals surface area contributed by atoms with Crippen molar-refractivity contribution in [2.75, 3.05) is 16.5 Å². The number of fused-ring (bicyclic) bond motifs is 4. The van der Waals surface area contributed by atoms with Crippen molar-refractivity contribution in [3.05, 3.63) is 216 Å². The van der Waals surface area contributed by atoms with Crippen LogP contribution in [-0.4, -0.2) is 16.2 Å². The highest BCUT2D eigenvalue weighted by Crippen LogP contribution is 2.52. The average Bonchev–Trinajstić information content (AvgIpc) is 2.66. The normalized spacial score (nSPS) is 14.3. The molecular weight excluding hydrogens is 961 g/mol. The Morgan fingerprint density at radius 2 is 1.00 bits per heavy atom. The highest BCUT2D eigenvalue weighted by atomic mass is 16.5. The zero-order chi connectivity index (χ0) is 60.3. The molecule has 0 spiro atoms. The first-order valence-electron chi connectivity index (χ1n) is 30.4. The first-order chi connectivity index (χ1) is 39.4. The van der Waals surface area contributed by atoms with E-state index in [0.29, 0.717) is 23.7 Å². The molecule has 1 aliphatic heterocycles. The van der Waals surface area contributed by atoms with Gasteiger partial charge in [0.15, 0.2) is 0 Å². The fourth-order valence-electron chi connectivity index (χ4n) is 10.9. The second-order valence-corrected chi connectivity index (χ2v) is 26.8. The molecule has 0 fully saturated rings. The van der Waals surface area contributed by atoms with E-state index in [0.717, 1.165) is 78.2 Å². The van der Waals surface area contributed by atoms with Gasteiger partial charge in [-0.05, 0) is 150 Å². The van der Waals surface area contributed by atoms with E-state index < -0.39 is 6.04 Å². The summed E-state index contributed by atoms with van der Waals surface area (Å²) >= 11 is 0. The van der Waals surface area contributed by atoms with Crippen molar-refractivity contribution in [1.29, 1.82) is 0 Å². The van der Waals surface area contributed by atoms with Crippen LogP contribution in [0.15, 0.2) is 188 Å². The predicted molar refractivity (Wildman–Crippen MR) is 337 cm³/mol. The number of pyridine rings is 1. The summed E-state index contributed by atoms with van der Waals surface area (Å²) < 4.78 is 54.5. The number of benzene rings is 8. The summed E-state index contributed by atoms with van der Waals surface area (Å²) in [4.78, 5) is 9.54. The van der Waals surface area contributed by atoms with Crippen LogP contribution in [0.4, 0.5) is 22.7 Å². The number of aromatic nitrogens is 2. The summed E-state index contributed by atoms with van der Waals surface area (Å²) in [5.74, 6) is 2.17. The van der Waals surface area contributed by atoms with Gasteiger partial charge in [-0.3, -0.25) is 4.57 Å². The van der Waals surface area contributed by atoms with Crippen LogP contribution in [-0.2, 0) is 27.1 Å². The molecule has 11 rings (SSSR count). The van der Waals surface area contributed by atoms with Gasteiger partial charge in [0.05, 0.1) is 34.9 Å². The fourth-order valence-corrected chi connectivity index (χ4v) is 10.9. The van der Waals surface area contributed by atoms with Crippen LogP contribution >= 0.6 is 0 Å². The van der Waals surface area contributed by atoms with Crippen molar-refractivity contribution < 1.29 is 11.6 Å². The van der Waals surface area contributed by atoms with E-state index in [9.17, 15) is 2.74 Å². The van der Waals surface area contributed by atoms with Crippen LogP contribution in [0.2, 0.25) is 0 Å². The van der Waals surface area contributed by atoms with E-state index in [4.69, 9.17) is 13.8 Å². The molecule has 2 aromatic heterocycles. The van der Waals surface area contributed by atoms with Gasteiger partial charge in [0.25, 0.3) is 0 Å². The van der Waals surface area contributed by atoms with E-state index in [2.05, 4.69) is 240 Å². The summed E-state index contributed by atoms with van der Waals surface area (Å²) in [5.41, 5.74) is 15.8. The minimum Gasteiger partial charge on any atom is -0.457 e. The third-order valence-corrected chi connectivity index (χ3v) is 15.7. The number of anilines is 4. The predicted octanol–water partition coefficient (Wildman–Crippen LogP) is 20.7. The minimum atomic E-state index is -0.424. The number of nitrogens with zero attached hydrogens (tertiary/aromatic N) is 4. The first-order valence-corrected chi connectivity index (χ1v) is 27.9. The number of hydrogen-bond donors (Lipinski definition) is 0. The average molecular weight is 1040 g/mol. The molecule has 0 amide bonds. The van der Waals surface area contributed by atoms with Crippen molar-refractivity contribution in [2.45, 2.75) is 131 Å². The maximum absolute atomic E-state index is 9.42. The second kappa shape index (κ2) is 19.5. The van der Waals surface area contributed by atoms with Gasteiger partial charge < -0.3 is 14.5 Å². The number of para-hydroxylation sites is 2. The van der Waals surface area contributed by atoms with Gasteiger partial charge in [-0.25, -0.2) is 4.98 Å². The summed E-state index contributed by atoms with van der Waals surface area (Å²) in [6.07, 6.45) is 1.92. The molecular formula is C74H78N4O. The zero-order valence-electron chi connectivity index (χ0n) is 53.9. The molecule has 0 bridgehead atoms. The Labute approximate surface area is 477 Å². The zero-order valence-corrected chi connectivity index (χ0v) is 48.9. The Morgan fingerprint density at radius 1 is 0.418 bits per heavy atom. The maximum atomic E-state index is 9.42. The highest BCUT2D eigenvalue weighted by molar-refractivity contribution is 6.11. The van der Waals surface area contributed by atoms with E-state index in [-0.39, 0.29) is 56.8 Å². The molecule has 0 radical (unpaired) electrons. The van der Waals surface area contributed by atoms with Crippen LogP contribution < -0.4 is 14.5 Å². The standard InChI is InChI=1S/C74H78N4O/c1-70(2,3)52-26-21-25-50(37-52)62-43-56(74(13,14)15)42-61(48-23-17-16-18-24-48)69(62)77-47-76(65-29-19-20-30-66(65)77)57-27-22-28-58(45-57)79-59-32-33-60-63-40-49(51-38-54(72(7,8)9)41-55(39-51)73(10,11)12)31-34-64(63)78(67(60)46-59)68-44-53(35-36-75-68)71(4,5)6/h16-46H,47H2,1-15H3/i16D,17D,18D,23D,24D. The van der Waals surface area contributed by atoms with E-state index >= 15 is 0 Å². The topological polar surface area (TPSA) is 33.5 Å². The first kappa shape index (κ1) is 47.1.